The van der Waals surface area contributed by atoms with Gasteiger partial charge in [-0.1, -0.05) is 12.1 Å². The van der Waals surface area contributed by atoms with Crippen molar-refractivity contribution in [3.8, 4) is 11.5 Å². The number of thioether (sulfide) groups is 1. The molecule has 2 aromatic carbocycles. The number of carbonyl (C=O) groups is 3. The molecule has 2 atom stereocenters. The molecule has 1 fully saturated rings. The van der Waals surface area contributed by atoms with E-state index in [1.807, 2.05) is 12.1 Å². The van der Waals surface area contributed by atoms with Crippen LogP contribution in [-0.2, 0) is 4.79 Å². The predicted octanol–water partition coefficient (Wildman–Crippen LogP) is 2.96. The first-order valence-electron chi connectivity index (χ1n) is 9.59. The molecule has 0 N–H and O–H groups in total. The first-order chi connectivity index (χ1) is 14.5. The van der Waals surface area contributed by atoms with Gasteiger partial charge in [0.2, 0.25) is 5.91 Å². The summed E-state index contributed by atoms with van der Waals surface area (Å²) in [6.07, 6.45) is 0. The molecule has 3 amide bonds. The molecule has 0 aromatic heterocycles. The van der Waals surface area contributed by atoms with Gasteiger partial charge in [0.25, 0.3) is 11.8 Å². The average molecular weight is 426 g/mol. The van der Waals surface area contributed by atoms with Crippen LogP contribution in [-0.4, -0.2) is 60.1 Å². The Morgan fingerprint density at radius 2 is 1.73 bits per heavy atom. The molecule has 2 aliphatic rings. The van der Waals surface area contributed by atoms with Crippen LogP contribution in [0.5, 0.6) is 11.5 Å². The second-order valence-electron chi connectivity index (χ2n) is 7.06. The first-order valence-corrected chi connectivity index (χ1v) is 10.6. The van der Waals surface area contributed by atoms with Gasteiger partial charge in [-0.3, -0.25) is 19.3 Å². The number of benzene rings is 2. The molecule has 156 valence electrons. The lowest BCUT2D eigenvalue weighted by atomic mass is 10.1. The second kappa shape index (κ2) is 8.02. The van der Waals surface area contributed by atoms with Crippen LogP contribution in [0, 0.1) is 0 Å². The zero-order valence-corrected chi connectivity index (χ0v) is 17.8. The standard InChI is InChI=1S/C22H22N2O5S/c1-13(24-20(26)15-6-4-5-7-16(15)21(24)27)19(25)23-10-11-30-22(23)17-12-14(28-2)8-9-18(17)29-3/h4-9,12-13,22H,10-11H2,1-3H3. The summed E-state index contributed by atoms with van der Waals surface area (Å²) in [5, 5.41) is -0.291. The smallest absolute Gasteiger partial charge is 0.262 e. The highest BCUT2D eigenvalue weighted by Gasteiger charge is 2.44. The number of hydrogen-bond acceptors (Lipinski definition) is 6. The maximum atomic E-state index is 13.4. The Kier molecular flexibility index (Phi) is 5.42. The summed E-state index contributed by atoms with van der Waals surface area (Å²) in [6.45, 7) is 2.12. The molecule has 4 rings (SSSR count). The summed E-state index contributed by atoms with van der Waals surface area (Å²) in [5.74, 6) is 0.925. The zero-order valence-electron chi connectivity index (χ0n) is 17.0. The first kappa shape index (κ1) is 20.3. The Hall–Kier alpha value is -3.00. The summed E-state index contributed by atoms with van der Waals surface area (Å²) in [4.78, 5) is 41.8. The molecular weight excluding hydrogens is 404 g/mol. The molecule has 0 radical (unpaired) electrons. The fraction of sp³-hybridized carbons (Fsp3) is 0.318. The second-order valence-corrected chi connectivity index (χ2v) is 8.25. The van der Waals surface area contributed by atoms with E-state index in [-0.39, 0.29) is 11.3 Å². The molecule has 7 nitrogen and oxygen atoms in total. The van der Waals surface area contributed by atoms with Gasteiger partial charge in [-0.05, 0) is 37.3 Å². The minimum Gasteiger partial charge on any atom is -0.497 e. The van der Waals surface area contributed by atoms with Crippen molar-refractivity contribution in [2.75, 3.05) is 26.5 Å². The lowest BCUT2D eigenvalue weighted by Crippen LogP contribution is -2.49. The Labute approximate surface area is 178 Å². The third-order valence-corrected chi connectivity index (χ3v) is 6.69. The molecule has 2 aliphatic heterocycles. The molecule has 0 spiro atoms. The minimum atomic E-state index is -0.907. The van der Waals surface area contributed by atoms with Crippen LogP contribution in [0.25, 0.3) is 0 Å². The Bertz CT molecular complexity index is 989. The van der Waals surface area contributed by atoms with Gasteiger partial charge in [0.15, 0.2) is 0 Å². The van der Waals surface area contributed by atoms with Crippen molar-refractivity contribution < 1.29 is 23.9 Å². The van der Waals surface area contributed by atoms with E-state index in [2.05, 4.69) is 0 Å². The van der Waals surface area contributed by atoms with Crippen molar-refractivity contribution in [1.29, 1.82) is 0 Å². The van der Waals surface area contributed by atoms with E-state index >= 15 is 0 Å². The molecule has 0 saturated carbocycles. The van der Waals surface area contributed by atoms with Crippen LogP contribution in [0.4, 0.5) is 0 Å². The third kappa shape index (κ3) is 3.21. The van der Waals surface area contributed by atoms with Gasteiger partial charge in [-0.2, -0.15) is 0 Å². The molecule has 8 heteroatoms. The fourth-order valence-electron chi connectivity index (χ4n) is 3.90. The van der Waals surface area contributed by atoms with E-state index in [1.54, 1.807) is 68.1 Å². The normalized spacial score (nSPS) is 19.1. The van der Waals surface area contributed by atoms with Crippen LogP contribution in [0.1, 0.15) is 38.6 Å². The molecule has 1 saturated heterocycles. The zero-order chi connectivity index (χ0) is 21.4. The van der Waals surface area contributed by atoms with Crippen LogP contribution >= 0.6 is 11.8 Å². The van der Waals surface area contributed by atoms with E-state index in [9.17, 15) is 14.4 Å². The highest BCUT2D eigenvalue weighted by molar-refractivity contribution is 7.99. The van der Waals surface area contributed by atoms with Crippen molar-refractivity contribution >= 4 is 29.5 Å². The number of imide groups is 1. The highest BCUT2D eigenvalue weighted by Crippen LogP contribution is 2.43. The Morgan fingerprint density at radius 1 is 1.07 bits per heavy atom. The van der Waals surface area contributed by atoms with Crippen LogP contribution in [0.2, 0.25) is 0 Å². The molecule has 30 heavy (non-hydrogen) atoms. The van der Waals surface area contributed by atoms with Crippen molar-refractivity contribution in [2.45, 2.75) is 18.3 Å². The third-order valence-electron chi connectivity index (χ3n) is 5.45. The number of nitrogens with zero attached hydrogens (tertiary/aromatic N) is 2. The molecule has 0 aliphatic carbocycles. The van der Waals surface area contributed by atoms with E-state index in [4.69, 9.17) is 9.47 Å². The summed E-state index contributed by atoms with van der Waals surface area (Å²) < 4.78 is 10.8. The topological polar surface area (TPSA) is 76.2 Å². The van der Waals surface area contributed by atoms with Crippen molar-refractivity contribution in [1.82, 2.24) is 9.80 Å². The lowest BCUT2D eigenvalue weighted by molar-refractivity contribution is -0.135. The maximum absolute atomic E-state index is 13.4. The van der Waals surface area contributed by atoms with Crippen molar-refractivity contribution in [3.05, 3.63) is 59.2 Å². The van der Waals surface area contributed by atoms with Crippen LogP contribution < -0.4 is 9.47 Å². The highest BCUT2D eigenvalue weighted by atomic mass is 32.2. The SMILES string of the molecule is COc1ccc(OC)c(C2SCCN2C(=O)C(C)N2C(=O)c3ccccc3C2=O)c1. The van der Waals surface area contributed by atoms with Crippen molar-refractivity contribution in [3.63, 3.8) is 0 Å². The fourth-order valence-corrected chi connectivity index (χ4v) is 5.17. The van der Waals surface area contributed by atoms with Gasteiger partial charge in [0.1, 0.15) is 22.9 Å². The summed E-state index contributed by atoms with van der Waals surface area (Å²) in [7, 11) is 3.17. The number of hydrogen-bond donors (Lipinski definition) is 0. The van der Waals surface area contributed by atoms with Gasteiger partial charge >= 0.3 is 0 Å². The van der Waals surface area contributed by atoms with Gasteiger partial charge in [-0.15, -0.1) is 11.8 Å². The predicted molar refractivity (Wildman–Crippen MR) is 113 cm³/mol. The number of carbonyl (C=O) groups excluding carboxylic acids is 3. The molecular formula is C22H22N2O5S. The van der Waals surface area contributed by atoms with E-state index in [1.165, 1.54) is 0 Å². The number of rotatable bonds is 5. The Morgan fingerprint density at radius 3 is 2.33 bits per heavy atom. The number of ether oxygens (including phenoxy) is 2. The van der Waals surface area contributed by atoms with E-state index in [0.717, 1.165) is 16.2 Å². The summed E-state index contributed by atoms with van der Waals surface area (Å²) >= 11 is 1.61. The Balaban J connectivity index is 1.62. The number of amides is 3. The van der Waals surface area contributed by atoms with Crippen molar-refractivity contribution in [2.24, 2.45) is 0 Å². The van der Waals surface area contributed by atoms with Gasteiger partial charge in [0.05, 0.1) is 25.3 Å². The number of methoxy groups -OCH3 is 2. The summed E-state index contributed by atoms with van der Waals surface area (Å²) in [6, 6.07) is 11.2. The largest absolute Gasteiger partial charge is 0.497 e. The van der Waals surface area contributed by atoms with Gasteiger partial charge in [-0.25, -0.2) is 0 Å². The average Bonchev–Trinajstić information content (AvgIpc) is 3.36. The van der Waals surface area contributed by atoms with E-state index in [0.29, 0.717) is 29.2 Å². The molecule has 2 heterocycles. The minimum absolute atomic E-state index is 0.274. The monoisotopic (exact) mass is 426 g/mol. The number of fused-ring (bicyclic) bond motifs is 1. The van der Waals surface area contributed by atoms with Gasteiger partial charge < -0.3 is 14.4 Å². The quantitative estimate of drug-likeness (QED) is 0.685. The van der Waals surface area contributed by atoms with Gasteiger partial charge in [0, 0.05) is 17.9 Å². The molecule has 0 bridgehead atoms. The lowest BCUT2D eigenvalue weighted by Gasteiger charge is -2.31. The summed E-state index contributed by atoms with van der Waals surface area (Å²) in [5.41, 5.74) is 1.50. The van der Waals surface area contributed by atoms with E-state index < -0.39 is 17.9 Å². The molecule has 2 unspecified atom stereocenters. The van der Waals surface area contributed by atoms with Crippen LogP contribution in [0.3, 0.4) is 0 Å². The molecule has 2 aromatic rings. The maximum Gasteiger partial charge on any atom is 0.262 e. The van der Waals surface area contributed by atoms with Crippen LogP contribution in [0.15, 0.2) is 42.5 Å².